The summed E-state index contributed by atoms with van der Waals surface area (Å²) in [5, 5.41) is 8.25. The third kappa shape index (κ3) is 2.81. The summed E-state index contributed by atoms with van der Waals surface area (Å²) in [5.41, 5.74) is 2.07. The van der Waals surface area contributed by atoms with Crippen LogP contribution in [-0.2, 0) is 20.1 Å². The van der Waals surface area contributed by atoms with Gasteiger partial charge in [0.05, 0.1) is 10.7 Å². The molecule has 2 aromatic heterocycles. The number of hydrogen-bond acceptors (Lipinski definition) is 3. The molecule has 0 unspecified atom stereocenters. The van der Waals surface area contributed by atoms with Gasteiger partial charge in [-0.15, -0.1) is 0 Å². The van der Waals surface area contributed by atoms with Gasteiger partial charge in [0.2, 0.25) is 0 Å². The second-order valence-corrected chi connectivity index (χ2v) is 3.96. The highest BCUT2D eigenvalue weighted by molar-refractivity contribution is 6.31. The number of aryl methyl sites for hydroxylation is 1. The van der Waals surface area contributed by atoms with Crippen LogP contribution in [0.15, 0.2) is 30.7 Å². The average molecular weight is 237 g/mol. The summed E-state index contributed by atoms with van der Waals surface area (Å²) in [6, 6.07) is 3.90. The molecule has 5 heteroatoms. The Labute approximate surface area is 99.3 Å². The van der Waals surface area contributed by atoms with Crippen molar-refractivity contribution in [2.75, 3.05) is 0 Å². The van der Waals surface area contributed by atoms with Crippen molar-refractivity contribution in [3.63, 3.8) is 0 Å². The fraction of sp³-hybridized carbons (Fsp3) is 0.273. The summed E-state index contributed by atoms with van der Waals surface area (Å²) >= 11 is 5.99. The number of aromatic nitrogens is 3. The van der Waals surface area contributed by atoms with Crippen LogP contribution in [0.1, 0.15) is 11.3 Å². The minimum absolute atomic E-state index is 0.691. The van der Waals surface area contributed by atoms with Crippen LogP contribution < -0.4 is 5.32 Å². The number of halogens is 1. The van der Waals surface area contributed by atoms with Gasteiger partial charge in [-0.05, 0) is 17.7 Å². The first-order valence-electron chi connectivity index (χ1n) is 5.03. The van der Waals surface area contributed by atoms with Gasteiger partial charge in [0.25, 0.3) is 0 Å². The van der Waals surface area contributed by atoms with Crippen molar-refractivity contribution >= 4 is 11.6 Å². The molecule has 0 bridgehead atoms. The maximum Gasteiger partial charge on any atom is 0.0762 e. The van der Waals surface area contributed by atoms with Crippen LogP contribution in [0.5, 0.6) is 0 Å². The predicted octanol–water partition coefficient (Wildman–Crippen LogP) is 1.76. The lowest BCUT2D eigenvalue weighted by molar-refractivity contribution is 0.656. The number of nitrogens with one attached hydrogen (secondary N) is 1. The van der Waals surface area contributed by atoms with Crippen molar-refractivity contribution in [2.45, 2.75) is 13.1 Å². The van der Waals surface area contributed by atoms with E-state index in [1.54, 1.807) is 17.1 Å². The fourth-order valence-electron chi connectivity index (χ4n) is 1.43. The smallest absolute Gasteiger partial charge is 0.0762 e. The van der Waals surface area contributed by atoms with Crippen LogP contribution >= 0.6 is 11.6 Å². The molecule has 0 saturated carbocycles. The standard InChI is InChI=1S/C11H13ClN4/c1-16-5-3-10(15-16)7-14-6-9-2-4-13-8-11(9)12/h2-5,8,14H,6-7H2,1H3. The van der Waals surface area contributed by atoms with Gasteiger partial charge in [0.1, 0.15) is 0 Å². The highest BCUT2D eigenvalue weighted by Gasteiger charge is 2.00. The molecule has 2 rings (SSSR count). The van der Waals surface area contributed by atoms with E-state index in [0.717, 1.165) is 24.3 Å². The quantitative estimate of drug-likeness (QED) is 0.880. The van der Waals surface area contributed by atoms with Crippen molar-refractivity contribution in [1.29, 1.82) is 0 Å². The van der Waals surface area contributed by atoms with E-state index >= 15 is 0 Å². The maximum absolute atomic E-state index is 5.99. The Kier molecular flexibility index (Phi) is 3.54. The molecule has 0 atom stereocenters. The topological polar surface area (TPSA) is 42.7 Å². The third-order valence-corrected chi connectivity index (χ3v) is 2.59. The van der Waals surface area contributed by atoms with Crippen molar-refractivity contribution in [2.24, 2.45) is 7.05 Å². The van der Waals surface area contributed by atoms with Gasteiger partial charge in [0.15, 0.2) is 0 Å². The van der Waals surface area contributed by atoms with E-state index in [1.807, 2.05) is 25.4 Å². The summed E-state index contributed by atoms with van der Waals surface area (Å²) in [5.74, 6) is 0. The molecule has 0 fully saturated rings. The molecular weight excluding hydrogens is 224 g/mol. The van der Waals surface area contributed by atoms with Crippen molar-refractivity contribution < 1.29 is 0 Å². The minimum Gasteiger partial charge on any atom is -0.307 e. The molecule has 16 heavy (non-hydrogen) atoms. The van der Waals surface area contributed by atoms with Crippen molar-refractivity contribution in [3.8, 4) is 0 Å². The number of rotatable bonds is 4. The van der Waals surface area contributed by atoms with E-state index in [-0.39, 0.29) is 0 Å². The van der Waals surface area contributed by atoms with Crippen LogP contribution in [-0.4, -0.2) is 14.8 Å². The summed E-state index contributed by atoms with van der Waals surface area (Å²) < 4.78 is 1.79. The Bertz CT molecular complexity index is 467. The lowest BCUT2D eigenvalue weighted by Gasteiger charge is -2.04. The lowest BCUT2D eigenvalue weighted by Crippen LogP contribution is -2.13. The predicted molar refractivity (Wildman–Crippen MR) is 63.0 cm³/mol. The Hall–Kier alpha value is -1.39. The van der Waals surface area contributed by atoms with Crippen LogP contribution in [0.2, 0.25) is 5.02 Å². The van der Waals surface area contributed by atoms with E-state index in [0.29, 0.717) is 5.02 Å². The molecule has 4 nitrogen and oxygen atoms in total. The molecule has 2 heterocycles. The van der Waals surface area contributed by atoms with E-state index in [2.05, 4.69) is 15.4 Å². The second-order valence-electron chi connectivity index (χ2n) is 3.55. The second kappa shape index (κ2) is 5.09. The molecule has 0 radical (unpaired) electrons. The fourth-order valence-corrected chi connectivity index (χ4v) is 1.62. The number of hydrogen-bond donors (Lipinski definition) is 1. The largest absolute Gasteiger partial charge is 0.307 e. The van der Waals surface area contributed by atoms with Crippen LogP contribution in [0.25, 0.3) is 0 Å². The monoisotopic (exact) mass is 236 g/mol. The molecule has 84 valence electrons. The van der Waals surface area contributed by atoms with Gasteiger partial charge in [-0.3, -0.25) is 9.67 Å². The summed E-state index contributed by atoms with van der Waals surface area (Å²) in [6.07, 6.45) is 5.32. The average Bonchev–Trinajstić information content (AvgIpc) is 2.67. The molecule has 0 aromatic carbocycles. The van der Waals surface area contributed by atoms with Gasteiger partial charge in [0, 0.05) is 38.7 Å². The summed E-state index contributed by atoms with van der Waals surface area (Å²) in [6.45, 7) is 1.46. The molecule has 1 N–H and O–H groups in total. The SMILES string of the molecule is Cn1ccc(CNCc2ccncc2Cl)n1. The molecule has 0 aliphatic carbocycles. The first kappa shape index (κ1) is 11.1. The van der Waals surface area contributed by atoms with E-state index in [4.69, 9.17) is 11.6 Å². The first-order valence-corrected chi connectivity index (χ1v) is 5.41. The Morgan fingerprint density at radius 1 is 1.38 bits per heavy atom. The number of pyridine rings is 1. The van der Waals surface area contributed by atoms with Gasteiger partial charge in [-0.25, -0.2) is 0 Å². The van der Waals surface area contributed by atoms with Crippen LogP contribution in [0.4, 0.5) is 0 Å². The summed E-state index contributed by atoms with van der Waals surface area (Å²) in [4.78, 5) is 3.94. The Morgan fingerprint density at radius 2 is 2.25 bits per heavy atom. The highest BCUT2D eigenvalue weighted by atomic mass is 35.5. The van der Waals surface area contributed by atoms with E-state index in [1.165, 1.54) is 0 Å². The van der Waals surface area contributed by atoms with Gasteiger partial charge in [-0.2, -0.15) is 5.10 Å². The molecular formula is C11H13ClN4. The zero-order valence-electron chi connectivity index (χ0n) is 9.02. The van der Waals surface area contributed by atoms with Crippen molar-refractivity contribution in [1.82, 2.24) is 20.1 Å². The summed E-state index contributed by atoms with van der Waals surface area (Å²) in [7, 11) is 1.91. The van der Waals surface area contributed by atoms with Gasteiger partial charge >= 0.3 is 0 Å². The molecule has 0 aliphatic heterocycles. The normalized spacial score (nSPS) is 10.6. The first-order chi connectivity index (χ1) is 7.75. The number of nitrogens with zero attached hydrogens (tertiary/aromatic N) is 3. The van der Waals surface area contributed by atoms with E-state index < -0.39 is 0 Å². The van der Waals surface area contributed by atoms with Crippen LogP contribution in [0.3, 0.4) is 0 Å². The third-order valence-electron chi connectivity index (χ3n) is 2.25. The molecule has 0 spiro atoms. The molecule has 0 saturated heterocycles. The van der Waals surface area contributed by atoms with Crippen molar-refractivity contribution in [3.05, 3.63) is 47.0 Å². The molecule has 0 aliphatic rings. The van der Waals surface area contributed by atoms with Gasteiger partial charge < -0.3 is 5.32 Å². The lowest BCUT2D eigenvalue weighted by atomic mass is 10.2. The Morgan fingerprint density at radius 3 is 2.94 bits per heavy atom. The van der Waals surface area contributed by atoms with Gasteiger partial charge in [-0.1, -0.05) is 11.6 Å². The zero-order chi connectivity index (χ0) is 11.4. The maximum atomic E-state index is 5.99. The molecule has 0 amide bonds. The molecule has 2 aromatic rings. The highest BCUT2D eigenvalue weighted by Crippen LogP contribution is 2.12. The van der Waals surface area contributed by atoms with Crippen LogP contribution in [0, 0.1) is 0 Å². The Balaban J connectivity index is 1.87. The van der Waals surface area contributed by atoms with E-state index in [9.17, 15) is 0 Å². The minimum atomic E-state index is 0.691. The zero-order valence-corrected chi connectivity index (χ0v) is 9.78.